The zero-order valence-corrected chi connectivity index (χ0v) is 12.9. The summed E-state index contributed by atoms with van der Waals surface area (Å²) in [6.45, 7) is 25.2. The van der Waals surface area contributed by atoms with Crippen LogP contribution in [0.5, 0.6) is 0 Å². The molecule has 0 radical (unpaired) electrons. The van der Waals surface area contributed by atoms with Crippen LogP contribution in [0, 0.1) is 0 Å². The molecule has 0 amide bonds. The number of hydrogen-bond donors (Lipinski definition) is 0. The van der Waals surface area contributed by atoms with Gasteiger partial charge in [-0.1, -0.05) is 0 Å². The van der Waals surface area contributed by atoms with Crippen LogP contribution in [-0.4, -0.2) is 22.6 Å². The Morgan fingerprint density at radius 1 is 0.588 bits per heavy atom. The van der Waals surface area contributed by atoms with E-state index in [4.69, 9.17) is 0 Å². The predicted octanol–water partition coefficient (Wildman–Crippen LogP) is 5.03. The van der Waals surface area contributed by atoms with Crippen LogP contribution >= 0.6 is 7.26 Å². The second-order valence-electron chi connectivity index (χ2n) is 5.10. The molecule has 0 rings (SSSR count). The summed E-state index contributed by atoms with van der Waals surface area (Å²) in [5.41, 5.74) is 2.10. The van der Waals surface area contributed by atoms with Crippen molar-refractivity contribution in [1.29, 1.82) is 0 Å². The van der Waals surface area contributed by atoms with E-state index in [-0.39, 0.29) is 0 Å². The Morgan fingerprint density at radius 3 is 0.882 bits per heavy atom. The van der Waals surface area contributed by atoms with E-state index in [1.807, 2.05) is 0 Å². The minimum atomic E-state index is -1.68. The molecule has 0 spiro atoms. The molecular weight excluding hydrogens is 223 g/mol. The summed E-state index contributed by atoms with van der Waals surface area (Å²) in [5.74, 6) is 0. The van der Waals surface area contributed by atoms with E-state index < -0.39 is 7.26 Å². The fraction of sp³-hybridized carbons (Fsp3) is 0.500. The maximum atomic E-state index is 4.01. The second kappa shape index (κ2) is 6.97. The first-order chi connectivity index (χ1) is 7.93. The monoisotopic (exact) mass is 252 g/mol. The minimum absolute atomic E-state index is 0.525. The molecule has 0 aliphatic rings. The predicted molar refractivity (Wildman–Crippen MR) is 87.0 cm³/mol. The van der Waals surface area contributed by atoms with Crippen molar-refractivity contribution in [3.8, 4) is 0 Å². The van der Waals surface area contributed by atoms with Crippen LogP contribution in [0.25, 0.3) is 0 Å². The molecule has 0 saturated heterocycles. The first-order valence-corrected chi connectivity index (χ1v) is 8.74. The zero-order valence-electron chi connectivity index (χ0n) is 11.9. The van der Waals surface area contributed by atoms with E-state index in [0.29, 0.717) is 22.6 Å². The Labute approximate surface area is 109 Å². The molecule has 0 aromatic carbocycles. The normalized spacial score (nSPS) is 19.5. The average Bonchev–Trinajstić information content (AvgIpc) is 2.37. The van der Waals surface area contributed by atoms with Crippen LogP contribution < -0.4 is 0 Å². The standard InChI is InChI=1S/C16H29P/c1-9-13(5)17(14(6)10-2,15(7)11-3)16(8)12-4/h9-17H,1-4H2,5-8H3. The van der Waals surface area contributed by atoms with Gasteiger partial charge in [-0.05, 0) is 0 Å². The molecule has 0 aliphatic heterocycles. The van der Waals surface area contributed by atoms with Crippen LogP contribution in [0.3, 0.4) is 0 Å². The van der Waals surface area contributed by atoms with Crippen LogP contribution in [0.2, 0.25) is 0 Å². The summed E-state index contributed by atoms with van der Waals surface area (Å²) in [7, 11) is -1.68. The summed E-state index contributed by atoms with van der Waals surface area (Å²) in [6, 6.07) is 0. The van der Waals surface area contributed by atoms with Crippen LogP contribution in [0.4, 0.5) is 0 Å². The fourth-order valence-corrected chi connectivity index (χ4v) is 9.91. The summed E-state index contributed by atoms with van der Waals surface area (Å²) in [5, 5.41) is 0. The van der Waals surface area contributed by atoms with Gasteiger partial charge in [0.05, 0.1) is 0 Å². The summed E-state index contributed by atoms with van der Waals surface area (Å²) in [6.07, 6.45) is 8.41. The van der Waals surface area contributed by atoms with Gasteiger partial charge in [0.25, 0.3) is 0 Å². The van der Waals surface area contributed by atoms with Gasteiger partial charge in [-0.25, -0.2) is 0 Å². The van der Waals surface area contributed by atoms with Gasteiger partial charge in [-0.2, -0.15) is 0 Å². The van der Waals surface area contributed by atoms with E-state index in [0.717, 1.165) is 0 Å². The molecule has 0 aliphatic carbocycles. The Hall–Kier alpha value is -0.610. The van der Waals surface area contributed by atoms with Crippen molar-refractivity contribution < 1.29 is 0 Å². The van der Waals surface area contributed by atoms with Crippen molar-refractivity contribution in [3.63, 3.8) is 0 Å². The molecule has 0 fully saturated rings. The van der Waals surface area contributed by atoms with Crippen molar-refractivity contribution in [2.24, 2.45) is 0 Å². The van der Waals surface area contributed by atoms with Gasteiger partial charge in [-0.3, -0.25) is 0 Å². The Balaban J connectivity index is 5.84. The van der Waals surface area contributed by atoms with E-state index in [1.54, 1.807) is 0 Å². The molecule has 98 valence electrons. The topological polar surface area (TPSA) is 0 Å². The number of hydrogen-bond acceptors (Lipinski definition) is 0. The van der Waals surface area contributed by atoms with Crippen LogP contribution in [-0.2, 0) is 0 Å². The van der Waals surface area contributed by atoms with E-state index in [1.165, 1.54) is 0 Å². The number of allylic oxidation sites excluding steroid dienone is 4. The molecule has 1 heteroatoms. The van der Waals surface area contributed by atoms with Gasteiger partial charge in [-0.15, -0.1) is 0 Å². The van der Waals surface area contributed by atoms with Gasteiger partial charge in [0.2, 0.25) is 0 Å². The average molecular weight is 252 g/mol. The molecular formula is C16H29P. The quantitative estimate of drug-likeness (QED) is 0.419. The van der Waals surface area contributed by atoms with Crippen molar-refractivity contribution in [2.45, 2.75) is 50.3 Å². The van der Waals surface area contributed by atoms with E-state index >= 15 is 0 Å². The van der Waals surface area contributed by atoms with Gasteiger partial charge in [0.1, 0.15) is 0 Å². The fourth-order valence-electron chi connectivity index (χ4n) is 3.30. The molecule has 0 N–H and O–H groups in total. The van der Waals surface area contributed by atoms with Gasteiger partial charge in [0, 0.05) is 0 Å². The maximum absolute atomic E-state index is 4.01. The van der Waals surface area contributed by atoms with Crippen molar-refractivity contribution >= 4 is 7.26 Å². The Morgan fingerprint density at radius 2 is 0.765 bits per heavy atom. The summed E-state index contributed by atoms with van der Waals surface area (Å²) < 4.78 is 0. The molecule has 4 unspecified atom stereocenters. The molecule has 4 atom stereocenters. The van der Waals surface area contributed by atoms with E-state index in [2.05, 4.69) is 78.3 Å². The number of rotatable bonds is 8. The van der Waals surface area contributed by atoms with Gasteiger partial charge < -0.3 is 0 Å². The van der Waals surface area contributed by atoms with E-state index in [9.17, 15) is 0 Å². The van der Waals surface area contributed by atoms with Crippen molar-refractivity contribution in [2.75, 3.05) is 0 Å². The summed E-state index contributed by atoms with van der Waals surface area (Å²) >= 11 is 0. The third kappa shape index (κ3) is 2.80. The van der Waals surface area contributed by atoms with Crippen LogP contribution in [0.15, 0.2) is 50.6 Å². The molecule has 17 heavy (non-hydrogen) atoms. The van der Waals surface area contributed by atoms with Gasteiger partial charge >= 0.3 is 108 Å². The van der Waals surface area contributed by atoms with Gasteiger partial charge in [0.15, 0.2) is 0 Å². The van der Waals surface area contributed by atoms with Crippen LogP contribution in [0.1, 0.15) is 27.7 Å². The Kier molecular flexibility index (Phi) is 6.72. The van der Waals surface area contributed by atoms with Crippen molar-refractivity contribution in [1.82, 2.24) is 0 Å². The zero-order chi connectivity index (χ0) is 13.6. The first-order valence-electron chi connectivity index (χ1n) is 6.43. The molecule has 0 nitrogen and oxygen atoms in total. The molecule has 0 heterocycles. The summed E-state index contributed by atoms with van der Waals surface area (Å²) in [4.78, 5) is 0. The molecule has 0 bridgehead atoms. The molecule has 0 aromatic heterocycles. The first kappa shape index (κ1) is 16.4. The second-order valence-corrected chi connectivity index (χ2v) is 10.7. The van der Waals surface area contributed by atoms with Crippen molar-refractivity contribution in [3.05, 3.63) is 50.6 Å². The third-order valence-corrected chi connectivity index (χ3v) is 11.8. The molecule has 0 saturated carbocycles. The third-order valence-electron chi connectivity index (χ3n) is 4.57. The SMILES string of the molecule is C=CC(C)[PH](C(C)C=C)(C(C)C=C)C(C)C=C. The Bertz CT molecular complexity index is 228. The molecule has 0 aromatic rings.